The molecule has 0 spiro atoms. The number of hydrogen-bond donors (Lipinski definition) is 3. The summed E-state index contributed by atoms with van der Waals surface area (Å²) < 4.78 is 5.34. The molecule has 1 amide bonds. The fourth-order valence-corrected chi connectivity index (χ4v) is 4.28. The van der Waals surface area contributed by atoms with Crippen LogP contribution in [0.5, 0.6) is 0 Å². The lowest BCUT2D eigenvalue weighted by Gasteiger charge is -2.38. The summed E-state index contributed by atoms with van der Waals surface area (Å²) in [6, 6.07) is 4.82. The Labute approximate surface area is 147 Å². The normalized spacial score (nSPS) is 31.7. The van der Waals surface area contributed by atoms with Crippen LogP contribution in [0.2, 0.25) is 0 Å². The number of hydrogen-bond acceptors (Lipinski definition) is 6. The molecule has 1 aliphatic carbocycles. The van der Waals surface area contributed by atoms with Gasteiger partial charge in [0.15, 0.2) is 0 Å². The Balaban J connectivity index is 1.41. The van der Waals surface area contributed by atoms with E-state index in [0.29, 0.717) is 35.2 Å². The van der Waals surface area contributed by atoms with Crippen molar-refractivity contribution in [1.82, 2.24) is 21.2 Å². The maximum Gasteiger partial charge on any atom is 0.270 e. The van der Waals surface area contributed by atoms with E-state index < -0.39 is 0 Å². The van der Waals surface area contributed by atoms with Crippen LogP contribution in [-0.2, 0) is 4.74 Å². The zero-order valence-electron chi connectivity index (χ0n) is 14.3. The predicted octanol–water partition coefficient (Wildman–Crippen LogP) is 0.652. The molecule has 7 heteroatoms. The molecule has 4 rings (SSSR count). The van der Waals surface area contributed by atoms with E-state index in [4.69, 9.17) is 10.00 Å². The minimum atomic E-state index is -0.145. The van der Waals surface area contributed by atoms with Gasteiger partial charge in [-0.3, -0.25) is 15.6 Å². The number of nitrogens with one attached hydrogen (secondary N) is 3. The number of carbonyl (C=O) groups excluding carboxylic acids is 1. The largest absolute Gasteiger partial charge is 0.381 e. The fourth-order valence-electron chi connectivity index (χ4n) is 4.28. The third kappa shape index (κ3) is 3.13. The minimum Gasteiger partial charge on any atom is -0.381 e. The topological polar surface area (TPSA) is 99.1 Å². The molecule has 132 valence electrons. The molecule has 1 saturated carbocycles. The molecule has 0 aromatic carbocycles. The van der Waals surface area contributed by atoms with Gasteiger partial charge in [0.1, 0.15) is 11.8 Å². The number of nitrogens with zero attached hydrogens (tertiary/aromatic N) is 2. The molecule has 0 radical (unpaired) electrons. The van der Waals surface area contributed by atoms with Gasteiger partial charge >= 0.3 is 0 Å². The molecule has 3 N–H and O–H groups in total. The van der Waals surface area contributed by atoms with E-state index in [-0.39, 0.29) is 11.9 Å². The van der Waals surface area contributed by atoms with Crippen molar-refractivity contribution in [1.29, 1.82) is 5.26 Å². The number of hydrazine groups is 1. The molecular weight excluding hydrogens is 318 g/mol. The van der Waals surface area contributed by atoms with Crippen LogP contribution in [0.15, 0.2) is 12.3 Å². The summed E-state index contributed by atoms with van der Waals surface area (Å²) in [5.41, 5.74) is 8.49. The number of carbonyl (C=O) groups is 1. The lowest BCUT2D eigenvalue weighted by Crippen LogP contribution is -2.49. The van der Waals surface area contributed by atoms with E-state index in [2.05, 4.69) is 21.2 Å². The highest BCUT2D eigenvalue weighted by molar-refractivity contribution is 5.93. The van der Waals surface area contributed by atoms with Crippen LogP contribution in [0.1, 0.15) is 40.9 Å². The third-order valence-electron chi connectivity index (χ3n) is 5.73. The smallest absolute Gasteiger partial charge is 0.270 e. The molecule has 25 heavy (non-hydrogen) atoms. The van der Waals surface area contributed by atoms with E-state index >= 15 is 0 Å². The number of aryl methyl sites for hydroxylation is 1. The minimum absolute atomic E-state index is 0.145. The summed E-state index contributed by atoms with van der Waals surface area (Å²) in [5.74, 6) is 0.940. The van der Waals surface area contributed by atoms with Crippen LogP contribution in [0.4, 0.5) is 0 Å². The summed E-state index contributed by atoms with van der Waals surface area (Å²) in [7, 11) is 0. The van der Waals surface area contributed by atoms with Crippen molar-refractivity contribution in [3.63, 3.8) is 0 Å². The maximum absolute atomic E-state index is 12.6. The number of ether oxygens (including phenoxy) is 1. The number of pyridine rings is 1. The second kappa shape index (κ2) is 6.71. The van der Waals surface area contributed by atoms with Crippen molar-refractivity contribution >= 4 is 5.91 Å². The van der Waals surface area contributed by atoms with Gasteiger partial charge in [0.2, 0.25) is 0 Å². The summed E-state index contributed by atoms with van der Waals surface area (Å²) >= 11 is 0. The van der Waals surface area contributed by atoms with E-state index in [1.807, 2.05) is 13.0 Å². The summed E-state index contributed by atoms with van der Waals surface area (Å²) in [6.45, 7) is 3.47. The Morgan fingerprint density at radius 3 is 2.92 bits per heavy atom. The maximum atomic E-state index is 12.6. The summed E-state index contributed by atoms with van der Waals surface area (Å²) in [5, 5.41) is 12.1. The Kier molecular flexibility index (Phi) is 4.42. The van der Waals surface area contributed by atoms with Crippen molar-refractivity contribution in [3.8, 4) is 6.07 Å². The average Bonchev–Trinajstić information content (AvgIpc) is 2.96. The quantitative estimate of drug-likeness (QED) is 0.747. The van der Waals surface area contributed by atoms with Crippen molar-refractivity contribution in [2.24, 2.45) is 11.8 Å². The Morgan fingerprint density at radius 1 is 1.40 bits per heavy atom. The highest BCUT2D eigenvalue weighted by atomic mass is 16.5. The van der Waals surface area contributed by atoms with E-state index in [9.17, 15) is 4.79 Å². The number of nitriles is 1. The lowest BCUT2D eigenvalue weighted by atomic mass is 9.75. The van der Waals surface area contributed by atoms with Crippen LogP contribution in [0.25, 0.3) is 0 Å². The molecule has 7 nitrogen and oxygen atoms in total. The molecular formula is C18H23N5O2. The molecule has 4 unspecified atom stereocenters. The second-order valence-electron chi connectivity index (χ2n) is 7.37. The monoisotopic (exact) mass is 341 g/mol. The molecule has 3 aliphatic rings. The van der Waals surface area contributed by atoms with Crippen LogP contribution in [-0.4, -0.2) is 42.2 Å². The molecule has 4 atom stereocenters. The van der Waals surface area contributed by atoms with E-state index in [0.717, 1.165) is 38.0 Å². The SMILES string of the molecule is Cc1cc(C#N)cnc1C(=O)NC1CCC2NNC(C3COC3)C2C1. The van der Waals surface area contributed by atoms with Gasteiger partial charge in [0.25, 0.3) is 5.91 Å². The first kappa shape index (κ1) is 16.5. The van der Waals surface area contributed by atoms with Crippen LogP contribution in [0.3, 0.4) is 0 Å². The van der Waals surface area contributed by atoms with Gasteiger partial charge in [-0.25, -0.2) is 4.98 Å². The Morgan fingerprint density at radius 2 is 2.24 bits per heavy atom. The molecule has 3 fully saturated rings. The van der Waals surface area contributed by atoms with Gasteiger partial charge in [0.05, 0.1) is 18.8 Å². The third-order valence-corrected chi connectivity index (χ3v) is 5.73. The van der Waals surface area contributed by atoms with Gasteiger partial charge < -0.3 is 10.1 Å². The Hall–Kier alpha value is -2.01. The van der Waals surface area contributed by atoms with Crippen LogP contribution >= 0.6 is 0 Å². The molecule has 0 bridgehead atoms. The Bertz CT molecular complexity index is 712. The van der Waals surface area contributed by atoms with Gasteiger partial charge in [0, 0.05) is 30.2 Å². The molecule has 2 saturated heterocycles. The first-order chi connectivity index (χ1) is 12.2. The van der Waals surface area contributed by atoms with Gasteiger partial charge in [-0.15, -0.1) is 0 Å². The predicted molar refractivity (Wildman–Crippen MR) is 90.4 cm³/mol. The lowest BCUT2D eigenvalue weighted by molar-refractivity contribution is -0.0562. The van der Waals surface area contributed by atoms with E-state index in [1.54, 1.807) is 6.07 Å². The second-order valence-corrected chi connectivity index (χ2v) is 7.37. The van der Waals surface area contributed by atoms with Crippen molar-refractivity contribution in [3.05, 3.63) is 29.1 Å². The van der Waals surface area contributed by atoms with Crippen molar-refractivity contribution < 1.29 is 9.53 Å². The molecule has 1 aromatic rings. The number of amides is 1. The van der Waals surface area contributed by atoms with Gasteiger partial charge in [-0.05, 0) is 43.7 Å². The van der Waals surface area contributed by atoms with Gasteiger partial charge in [-0.2, -0.15) is 5.26 Å². The zero-order valence-corrected chi connectivity index (χ0v) is 14.3. The first-order valence-electron chi connectivity index (χ1n) is 8.92. The number of fused-ring (bicyclic) bond motifs is 1. The van der Waals surface area contributed by atoms with Crippen LogP contribution in [0, 0.1) is 30.1 Å². The van der Waals surface area contributed by atoms with Crippen molar-refractivity contribution in [2.75, 3.05) is 13.2 Å². The highest BCUT2D eigenvalue weighted by Crippen LogP contribution is 2.35. The van der Waals surface area contributed by atoms with Crippen LogP contribution < -0.4 is 16.2 Å². The number of aromatic nitrogens is 1. The summed E-state index contributed by atoms with van der Waals surface area (Å²) in [4.78, 5) is 16.8. The average molecular weight is 341 g/mol. The van der Waals surface area contributed by atoms with E-state index in [1.165, 1.54) is 6.20 Å². The highest BCUT2D eigenvalue weighted by Gasteiger charge is 2.45. The number of rotatable bonds is 3. The first-order valence-corrected chi connectivity index (χ1v) is 8.92. The standard InChI is InChI=1S/C18H23N5O2/c1-10-4-11(6-19)7-20-16(10)18(24)21-13-2-3-15-14(5-13)17(23-22-15)12-8-25-9-12/h4,7,12-15,17,22-23H,2-3,5,8-9H2,1H3,(H,21,24). The fraction of sp³-hybridized carbons (Fsp3) is 0.611. The zero-order chi connectivity index (χ0) is 17.4. The van der Waals surface area contributed by atoms with Crippen molar-refractivity contribution in [2.45, 2.75) is 44.3 Å². The summed E-state index contributed by atoms with van der Waals surface area (Å²) in [6.07, 6.45) is 4.43. The van der Waals surface area contributed by atoms with Gasteiger partial charge in [-0.1, -0.05) is 0 Å². The molecule has 1 aromatic heterocycles. The molecule has 2 aliphatic heterocycles. The molecule has 3 heterocycles.